The molecule has 0 aliphatic carbocycles. The maximum atomic E-state index is 12.8. The Morgan fingerprint density at radius 2 is 1.67 bits per heavy atom. The maximum absolute atomic E-state index is 12.8. The topological polar surface area (TPSA) is 26.0 Å². The number of benzene rings is 1. The average Bonchev–Trinajstić information content (AvgIpc) is 2.01. The first-order valence-electron chi connectivity index (χ1n) is 3.59. The van der Waals surface area contributed by atoms with Gasteiger partial charge in [-0.2, -0.15) is 13.2 Å². The van der Waals surface area contributed by atoms with Crippen LogP contribution < -0.4 is 5.73 Å². The van der Waals surface area contributed by atoms with Crippen LogP contribution >= 0.6 is 12.4 Å². The fourth-order valence-corrected chi connectivity index (χ4v) is 0.930. The summed E-state index contributed by atoms with van der Waals surface area (Å²) in [7, 11) is 0. The minimum atomic E-state index is -4.74. The lowest BCUT2D eigenvalue weighted by atomic mass is 10.1. The molecule has 0 amide bonds. The molecule has 0 spiro atoms. The smallest absolute Gasteiger partial charge is 0.316 e. The summed E-state index contributed by atoms with van der Waals surface area (Å²) >= 11 is 0. The van der Waals surface area contributed by atoms with Gasteiger partial charge in [-0.15, -0.1) is 12.4 Å². The molecule has 0 fully saturated rings. The SMILES string of the molecule is Cl.NC(c1ccc(F)cc1F)C(F)(F)F. The Bertz CT molecular complexity index is 338. The van der Waals surface area contributed by atoms with Gasteiger partial charge in [0, 0.05) is 11.6 Å². The molecule has 0 saturated heterocycles. The second-order valence-corrected chi connectivity index (χ2v) is 2.69. The average molecular weight is 248 g/mol. The lowest BCUT2D eigenvalue weighted by molar-refractivity contribution is -0.149. The summed E-state index contributed by atoms with van der Waals surface area (Å²) in [6, 6.07) is -0.656. The van der Waals surface area contributed by atoms with Gasteiger partial charge in [0.25, 0.3) is 0 Å². The molecular weight excluding hydrogens is 241 g/mol. The van der Waals surface area contributed by atoms with Crippen LogP contribution in [-0.4, -0.2) is 6.18 Å². The van der Waals surface area contributed by atoms with E-state index in [1.165, 1.54) is 0 Å². The largest absolute Gasteiger partial charge is 0.407 e. The van der Waals surface area contributed by atoms with Crippen LogP contribution in [0, 0.1) is 11.6 Å². The first-order chi connectivity index (χ1) is 6.32. The summed E-state index contributed by atoms with van der Waals surface area (Å²) in [5.74, 6) is -2.24. The van der Waals surface area contributed by atoms with E-state index in [4.69, 9.17) is 5.73 Å². The molecule has 1 unspecified atom stereocenters. The zero-order chi connectivity index (χ0) is 10.9. The van der Waals surface area contributed by atoms with Crippen molar-refractivity contribution in [3.8, 4) is 0 Å². The highest BCUT2D eigenvalue weighted by atomic mass is 35.5. The summed E-state index contributed by atoms with van der Waals surface area (Å²) in [5.41, 5.74) is 3.97. The first-order valence-corrected chi connectivity index (χ1v) is 3.59. The molecule has 1 nitrogen and oxygen atoms in total. The molecule has 1 atom stereocenters. The van der Waals surface area contributed by atoms with Crippen molar-refractivity contribution in [1.29, 1.82) is 0 Å². The Morgan fingerprint density at radius 3 is 2.07 bits per heavy atom. The summed E-state index contributed by atoms with van der Waals surface area (Å²) in [4.78, 5) is 0. The normalized spacial score (nSPS) is 13.2. The van der Waals surface area contributed by atoms with Crippen molar-refractivity contribution in [2.75, 3.05) is 0 Å². The third kappa shape index (κ3) is 3.32. The van der Waals surface area contributed by atoms with Crippen LogP contribution in [0.25, 0.3) is 0 Å². The highest BCUT2D eigenvalue weighted by molar-refractivity contribution is 5.85. The van der Waals surface area contributed by atoms with Crippen LogP contribution in [-0.2, 0) is 0 Å². The summed E-state index contributed by atoms with van der Waals surface area (Å²) < 4.78 is 61.2. The Kier molecular flexibility index (Phi) is 4.48. The molecule has 1 aromatic carbocycles. The zero-order valence-electron chi connectivity index (χ0n) is 7.18. The molecule has 1 aromatic rings. The minimum absolute atomic E-state index is 0. The van der Waals surface area contributed by atoms with Crippen LogP contribution in [0.3, 0.4) is 0 Å². The molecule has 15 heavy (non-hydrogen) atoms. The van der Waals surface area contributed by atoms with Crippen molar-refractivity contribution in [2.24, 2.45) is 5.73 Å². The van der Waals surface area contributed by atoms with E-state index in [1.54, 1.807) is 0 Å². The molecule has 0 bridgehead atoms. The van der Waals surface area contributed by atoms with Crippen LogP contribution in [0.4, 0.5) is 22.0 Å². The van der Waals surface area contributed by atoms with E-state index < -0.39 is 29.4 Å². The Hall–Kier alpha value is -0.880. The molecule has 0 aliphatic rings. The lowest BCUT2D eigenvalue weighted by Crippen LogP contribution is -2.29. The van der Waals surface area contributed by atoms with Gasteiger partial charge in [-0.1, -0.05) is 6.07 Å². The number of nitrogens with two attached hydrogens (primary N) is 1. The lowest BCUT2D eigenvalue weighted by Gasteiger charge is -2.16. The Balaban J connectivity index is 0.00000196. The Labute approximate surface area is 88.5 Å². The second kappa shape index (κ2) is 4.76. The van der Waals surface area contributed by atoms with Crippen molar-refractivity contribution in [3.63, 3.8) is 0 Å². The van der Waals surface area contributed by atoms with Gasteiger partial charge in [0.2, 0.25) is 0 Å². The van der Waals surface area contributed by atoms with Crippen LogP contribution in [0.15, 0.2) is 18.2 Å². The Morgan fingerprint density at radius 1 is 1.13 bits per heavy atom. The van der Waals surface area contributed by atoms with Gasteiger partial charge >= 0.3 is 6.18 Å². The van der Waals surface area contributed by atoms with Crippen molar-refractivity contribution < 1.29 is 22.0 Å². The number of hydrogen-bond donors (Lipinski definition) is 1. The van der Waals surface area contributed by atoms with E-state index in [0.717, 1.165) is 6.07 Å². The maximum Gasteiger partial charge on any atom is 0.407 e. The molecule has 0 heterocycles. The molecule has 2 N–H and O–H groups in total. The zero-order valence-corrected chi connectivity index (χ0v) is 8.00. The predicted octanol–water partition coefficient (Wildman–Crippen LogP) is 2.95. The minimum Gasteiger partial charge on any atom is -0.316 e. The predicted molar refractivity (Wildman–Crippen MR) is 46.6 cm³/mol. The number of halogens is 6. The molecular formula is C8H7ClF5N. The van der Waals surface area contributed by atoms with Crippen LogP contribution in [0.2, 0.25) is 0 Å². The monoisotopic (exact) mass is 247 g/mol. The van der Waals surface area contributed by atoms with E-state index in [-0.39, 0.29) is 12.4 Å². The van der Waals surface area contributed by atoms with E-state index >= 15 is 0 Å². The van der Waals surface area contributed by atoms with Crippen molar-refractivity contribution in [1.82, 2.24) is 0 Å². The molecule has 86 valence electrons. The van der Waals surface area contributed by atoms with Crippen LogP contribution in [0.1, 0.15) is 11.6 Å². The number of hydrogen-bond acceptors (Lipinski definition) is 1. The summed E-state index contributed by atoms with van der Waals surface area (Å²) in [6.45, 7) is 0. The third-order valence-corrected chi connectivity index (χ3v) is 1.65. The van der Waals surface area contributed by atoms with Gasteiger partial charge in [-0.3, -0.25) is 0 Å². The van der Waals surface area contributed by atoms with Crippen molar-refractivity contribution in [2.45, 2.75) is 12.2 Å². The van der Waals surface area contributed by atoms with Gasteiger partial charge in [0.1, 0.15) is 17.7 Å². The fourth-order valence-electron chi connectivity index (χ4n) is 0.930. The number of alkyl halides is 3. The van der Waals surface area contributed by atoms with Gasteiger partial charge in [0.15, 0.2) is 0 Å². The summed E-state index contributed by atoms with van der Waals surface area (Å²) in [6.07, 6.45) is -4.74. The molecule has 7 heteroatoms. The molecule has 0 aliphatic heterocycles. The van der Waals surface area contributed by atoms with E-state index in [2.05, 4.69) is 0 Å². The van der Waals surface area contributed by atoms with Crippen molar-refractivity contribution in [3.05, 3.63) is 35.4 Å². The highest BCUT2D eigenvalue weighted by Gasteiger charge is 2.39. The first kappa shape index (κ1) is 14.1. The fraction of sp³-hybridized carbons (Fsp3) is 0.250. The van der Waals surface area contributed by atoms with Gasteiger partial charge in [-0.05, 0) is 6.07 Å². The van der Waals surface area contributed by atoms with Gasteiger partial charge in [-0.25, -0.2) is 8.78 Å². The number of rotatable bonds is 1. The standard InChI is InChI=1S/C8H6F5N.ClH/c9-4-1-2-5(6(10)3-4)7(14)8(11,12)13;/h1-3,7H,14H2;1H. The van der Waals surface area contributed by atoms with Crippen LogP contribution in [0.5, 0.6) is 0 Å². The van der Waals surface area contributed by atoms with E-state index in [9.17, 15) is 22.0 Å². The van der Waals surface area contributed by atoms with E-state index in [0.29, 0.717) is 12.1 Å². The quantitative estimate of drug-likeness (QED) is 0.759. The van der Waals surface area contributed by atoms with Gasteiger partial charge in [0.05, 0.1) is 0 Å². The highest BCUT2D eigenvalue weighted by Crippen LogP contribution is 2.31. The van der Waals surface area contributed by atoms with Gasteiger partial charge < -0.3 is 5.73 Å². The molecule has 0 aromatic heterocycles. The van der Waals surface area contributed by atoms with E-state index in [1.807, 2.05) is 0 Å². The third-order valence-electron chi connectivity index (χ3n) is 1.65. The molecule has 1 rings (SSSR count). The molecule has 0 saturated carbocycles. The molecule has 0 radical (unpaired) electrons. The summed E-state index contributed by atoms with van der Waals surface area (Å²) in [5, 5.41) is 0. The second-order valence-electron chi connectivity index (χ2n) is 2.69. The van der Waals surface area contributed by atoms with Crippen molar-refractivity contribution >= 4 is 12.4 Å².